The second-order valence-electron chi connectivity index (χ2n) is 6.72. The maximum absolute atomic E-state index is 13.0. The number of ether oxygens (including phenoxy) is 1. The number of sulfonamides is 1. The molecule has 2 aromatic rings. The number of quaternary nitrogens is 1. The van der Waals surface area contributed by atoms with Gasteiger partial charge in [0.2, 0.25) is 0 Å². The number of nitrogens with two attached hydrogens (primary N) is 1. The molecule has 1 aliphatic rings. The van der Waals surface area contributed by atoms with E-state index in [9.17, 15) is 8.42 Å². The molecule has 148 valence electrons. The van der Waals surface area contributed by atoms with Crippen LogP contribution in [0.3, 0.4) is 0 Å². The van der Waals surface area contributed by atoms with Crippen molar-refractivity contribution in [1.29, 1.82) is 0 Å². The number of nitrogens with zero attached hydrogens (tertiary/aromatic N) is 1. The first-order chi connectivity index (χ1) is 13.5. The third kappa shape index (κ3) is 3.76. The van der Waals surface area contributed by atoms with Gasteiger partial charge in [0.1, 0.15) is 24.2 Å². The number of rotatable bonds is 7. The summed E-state index contributed by atoms with van der Waals surface area (Å²) in [6.45, 7) is 4.39. The molecule has 0 aliphatic carbocycles. The van der Waals surface area contributed by atoms with Gasteiger partial charge in [-0.15, -0.1) is 0 Å². The predicted octanol–water partition coefficient (Wildman–Crippen LogP) is 4.11. The van der Waals surface area contributed by atoms with Crippen molar-refractivity contribution >= 4 is 15.7 Å². The Bertz CT molecular complexity index is 995. The Kier molecular flexibility index (Phi) is 6.03. The molecule has 6 heteroatoms. The van der Waals surface area contributed by atoms with Crippen LogP contribution in [0.2, 0.25) is 0 Å². The molecule has 0 saturated heterocycles. The molecule has 0 fully saturated rings. The Labute approximate surface area is 167 Å². The number of hydrogen-bond acceptors (Lipinski definition) is 4. The van der Waals surface area contributed by atoms with Crippen molar-refractivity contribution in [3.8, 4) is 11.5 Å². The Morgan fingerprint density at radius 1 is 1.07 bits per heavy atom. The standard InChI is InChI=1S/C22H27N2O3S/c1-3-19-9-5-6-10-22(19)27-21-13-11-20(12-14-21)24(28(25,26)4-2)15-7-8-18(16-23)17-24/h5-14,17H,3-4,15-16,23H2,1-2H3/q+1. The highest BCUT2D eigenvalue weighted by Gasteiger charge is 2.42. The average Bonchev–Trinajstić information content (AvgIpc) is 2.74. The maximum Gasteiger partial charge on any atom is 0.306 e. The topological polar surface area (TPSA) is 69.4 Å². The summed E-state index contributed by atoms with van der Waals surface area (Å²) in [7, 11) is -3.45. The molecule has 0 radical (unpaired) electrons. The molecular formula is C22H27N2O3S+. The van der Waals surface area contributed by atoms with Crippen molar-refractivity contribution < 1.29 is 13.2 Å². The van der Waals surface area contributed by atoms with E-state index in [1.54, 1.807) is 13.1 Å². The van der Waals surface area contributed by atoms with Crippen LogP contribution >= 0.6 is 0 Å². The lowest BCUT2D eigenvalue weighted by Gasteiger charge is -2.34. The van der Waals surface area contributed by atoms with E-state index in [0.29, 0.717) is 24.5 Å². The van der Waals surface area contributed by atoms with Gasteiger partial charge in [-0.2, -0.15) is 12.3 Å². The van der Waals surface area contributed by atoms with Gasteiger partial charge >= 0.3 is 10.0 Å². The van der Waals surface area contributed by atoms with E-state index in [1.807, 2.05) is 60.7 Å². The van der Waals surface area contributed by atoms with Crippen LogP contribution in [0.4, 0.5) is 5.69 Å². The molecule has 1 atom stereocenters. The van der Waals surface area contributed by atoms with E-state index in [0.717, 1.165) is 23.3 Å². The van der Waals surface area contributed by atoms with Crippen LogP contribution in [0.1, 0.15) is 19.4 Å². The maximum atomic E-state index is 13.0. The summed E-state index contributed by atoms with van der Waals surface area (Å²) < 4.78 is 31.8. The van der Waals surface area contributed by atoms with Crippen LogP contribution in [0, 0.1) is 0 Å². The molecular weight excluding hydrogens is 372 g/mol. The minimum absolute atomic E-state index is 0.0390. The largest absolute Gasteiger partial charge is 0.457 e. The first kappa shape index (κ1) is 20.3. The third-order valence-electron chi connectivity index (χ3n) is 5.03. The Morgan fingerprint density at radius 2 is 1.79 bits per heavy atom. The lowest BCUT2D eigenvalue weighted by atomic mass is 10.1. The summed E-state index contributed by atoms with van der Waals surface area (Å²) in [5, 5.41) is 0. The van der Waals surface area contributed by atoms with Crippen LogP contribution in [-0.4, -0.2) is 27.3 Å². The zero-order valence-corrected chi connectivity index (χ0v) is 17.2. The molecule has 3 rings (SSSR count). The van der Waals surface area contributed by atoms with Crippen molar-refractivity contribution in [1.82, 2.24) is 3.89 Å². The van der Waals surface area contributed by atoms with E-state index < -0.39 is 10.0 Å². The van der Waals surface area contributed by atoms with E-state index in [4.69, 9.17) is 10.5 Å². The van der Waals surface area contributed by atoms with Crippen molar-refractivity contribution in [3.63, 3.8) is 0 Å². The van der Waals surface area contributed by atoms with Crippen LogP contribution in [0.15, 0.2) is 72.5 Å². The number of aryl methyl sites for hydroxylation is 1. The molecule has 2 N–H and O–H groups in total. The molecule has 2 aromatic carbocycles. The zero-order valence-electron chi connectivity index (χ0n) is 16.3. The SMILES string of the molecule is CCc1ccccc1Oc1ccc([N+]2(S(=O)(=O)CC)C=C(CN)C=CC2)cc1. The predicted molar refractivity (Wildman–Crippen MR) is 115 cm³/mol. The van der Waals surface area contributed by atoms with Gasteiger partial charge < -0.3 is 10.5 Å². The lowest BCUT2D eigenvalue weighted by molar-refractivity contribution is 0.475. The second kappa shape index (κ2) is 8.31. The van der Waals surface area contributed by atoms with Gasteiger partial charge in [0.25, 0.3) is 0 Å². The number of hydrogen-bond donors (Lipinski definition) is 1. The van der Waals surface area contributed by atoms with Gasteiger partial charge in [0.05, 0.1) is 5.75 Å². The van der Waals surface area contributed by atoms with Crippen molar-refractivity contribution in [2.45, 2.75) is 20.3 Å². The second-order valence-corrected chi connectivity index (χ2v) is 9.11. The lowest BCUT2D eigenvalue weighted by Crippen LogP contribution is -2.51. The Balaban J connectivity index is 1.98. The number of benzene rings is 2. The highest BCUT2D eigenvalue weighted by atomic mass is 32.2. The smallest absolute Gasteiger partial charge is 0.306 e. The van der Waals surface area contributed by atoms with Gasteiger partial charge in [-0.25, -0.2) is 0 Å². The molecule has 1 aliphatic heterocycles. The fourth-order valence-electron chi connectivity index (χ4n) is 3.40. The molecule has 1 unspecified atom stereocenters. The summed E-state index contributed by atoms with van der Waals surface area (Å²) in [6.07, 6.45) is 6.39. The zero-order chi connectivity index (χ0) is 20.2. The fourth-order valence-corrected chi connectivity index (χ4v) is 4.91. The van der Waals surface area contributed by atoms with Crippen LogP contribution in [0.5, 0.6) is 11.5 Å². The van der Waals surface area contributed by atoms with Crippen molar-refractivity contribution in [2.24, 2.45) is 5.73 Å². The molecule has 0 bridgehead atoms. The first-order valence-electron chi connectivity index (χ1n) is 9.51. The minimum atomic E-state index is -3.45. The Hall–Kier alpha value is -2.41. The van der Waals surface area contributed by atoms with Crippen LogP contribution in [0.25, 0.3) is 0 Å². The van der Waals surface area contributed by atoms with E-state index in [1.165, 1.54) is 0 Å². The van der Waals surface area contributed by atoms with Crippen molar-refractivity contribution in [3.05, 3.63) is 78.0 Å². The van der Waals surface area contributed by atoms with E-state index in [2.05, 4.69) is 6.92 Å². The normalized spacial score (nSPS) is 19.3. The molecule has 28 heavy (non-hydrogen) atoms. The van der Waals surface area contributed by atoms with Crippen LogP contribution in [-0.2, 0) is 16.4 Å². The molecule has 0 amide bonds. The van der Waals surface area contributed by atoms with Gasteiger partial charge in [-0.3, -0.25) is 0 Å². The van der Waals surface area contributed by atoms with Gasteiger partial charge in [0, 0.05) is 24.3 Å². The summed E-state index contributed by atoms with van der Waals surface area (Å²) in [5.41, 5.74) is 8.39. The first-order valence-corrected chi connectivity index (χ1v) is 11.1. The molecule has 1 heterocycles. The highest BCUT2D eigenvalue weighted by molar-refractivity contribution is 7.91. The fraction of sp³-hybridized carbons (Fsp3) is 0.273. The van der Waals surface area contributed by atoms with E-state index in [-0.39, 0.29) is 9.64 Å². The Morgan fingerprint density at radius 3 is 2.43 bits per heavy atom. The van der Waals surface area contributed by atoms with Gasteiger partial charge in [-0.05, 0) is 43.2 Å². The number of para-hydroxylation sites is 1. The minimum Gasteiger partial charge on any atom is -0.457 e. The monoisotopic (exact) mass is 399 g/mol. The van der Waals surface area contributed by atoms with Crippen molar-refractivity contribution in [2.75, 3.05) is 18.8 Å². The van der Waals surface area contributed by atoms with E-state index >= 15 is 0 Å². The summed E-state index contributed by atoms with van der Waals surface area (Å²) in [4.78, 5) is 0. The summed E-state index contributed by atoms with van der Waals surface area (Å²) >= 11 is 0. The average molecular weight is 400 g/mol. The highest BCUT2D eigenvalue weighted by Crippen LogP contribution is 2.35. The molecule has 5 nitrogen and oxygen atoms in total. The molecule has 0 spiro atoms. The third-order valence-corrected chi connectivity index (χ3v) is 7.22. The molecule has 0 aromatic heterocycles. The van der Waals surface area contributed by atoms with Gasteiger partial charge in [-0.1, -0.05) is 31.2 Å². The van der Waals surface area contributed by atoms with Gasteiger partial charge in [0.15, 0.2) is 5.69 Å². The summed E-state index contributed by atoms with van der Waals surface area (Å²) in [6, 6.07) is 15.2. The quantitative estimate of drug-likeness (QED) is 0.712. The molecule has 0 saturated carbocycles. The summed E-state index contributed by atoms with van der Waals surface area (Å²) in [5.74, 6) is 1.53. The van der Waals surface area contributed by atoms with Crippen LogP contribution < -0.4 is 14.4 Å².